The average molecular weight is 260 g/mol. The Morgan fingerprint density at radius 3 is 2.53 bits per heavy atom. The van der Waals surface area contributed by atoms with E-state index in [-0.39, 0.29) is 11.9 Å². The molecule has 1 aliphatic carbocycles. The molecule has 1 rings (SSSR count). The molecule has 2 nitrogen and oxygen atoms in total. The summed E-state index contributed by atoms with van der Waals surface area (Å²) in [6.07, 6.45) is 7.98. The zero-order valence-electron chi connectivity index (χ0n) is 11.2. The molecule has 1 atom stereocenters. The smallest absolute Gasteiger partial charge is 0.220 e. The van der Waals surface area contributed by atoms with Crippen molar-refractivity contribution in [3.8, 4) is 0 Å². The molecule has 0 aromatic carbocycles. The van der Waals surface area contributed by atoms with Crippen molar-refractivity contribution < 1.29 is 4.79 Å². The number of amides is 1. The molecule has 0 aromatic rings. The van der Waals surface area contributed by atoms with Gasteiger partial charge in [-0.2, -0.15) is 0 Å². The maximum atomic E-state index is 11.8. The fraction of sp³-hybridized carbons (Fsp3) is 0.929. The van der Waals surface area contributed by atoms with Gasteiger partial charge in [-0.25, -0.2) is 0 Å². The Bertz CT molecular complexity index is 224. The Balaban J connectivity index is 2.21. The highest BCUT2D eigenvalue weighted by molar-refractivity contribution is 6.17. The monoisotopic (exact) mass is 259 g/mol. The van der Waals surface area contributed by atoms with Crippen LogP contribution in [0.5, 0.6) is 0 Å². The summed E-state index contributed by atoms with van der Waals surface area (Å²) in [5, 5.41) is 3.12. The third kappa shape index (κ3) is 5.76. The van der Waals surface area contributed by atoms with Crippen molar-refractivity contribution in [2.24, 2.45) is 11.8 Å². The molecule has 17 heavy (non-hydrogen) atoms. The summed E-state index contributed by atoms with van der Waals surface area (Å²) in [5.41, 5.74) is 0. The number of carbonyl (C=O) groups is 1. The van der Waals surface area contributed by atoms with E-state index >= 15 is 0 Å². The maximum absolute atomic E-state index is 11.8. The van der Waals surface area contributed by atoms with Gasteiger partial charge in [-0.3, -0.25) is 4.79 Å². The molecule has 0 radical (unpaired) electrons. The van der Waals surface area contributed by atoms with Crippen LogP contribution in [0, 0.1) is 11.8 Å². The number of halogens is 1. The van der Waals surface area contributed by atoms with Crippen LogP contribution in [0.4, 0.5) is 0 Å². The lowest BCUT2D eigenvalue weighted by Crippen LogP contribution is -2.38. The van der Waals surface area contributed by atoms with Crippen molar-refractivity contribution in [3.63, 3.8) is 0 Å². The van der Waals surface area contributed by atoms with Crippen LogP contribution >= 0.6 is 11.6 Å². The standard InChI is InChI=1S/C14H26ClNO/c1-11(2)13(9-10-15)16-14(17)8-7-12-5-3-4-6-12/h11-13H,3-10H2,1-2H3,(H,16,17). The van der Waals surface area contributed by atoms with Gasteiger partial charge in [0.25, 0.3) is 0 Å². The van der Waals surface area contributed by atoms with Crippen LogP contribution in [0.25, 0.3) is 0 Å². The van der Waals surface area contributed by atoms with Crippen LogP contribution < -0.4 is 5.32 Å². The molecule has 3 heteroatoms. The second-order valence-corrected chi connectivity index (χ2v) is 5.96. The van der Waals surface area contributed by atoms with Crippen LogP contribution in [0.2, 0.25) is 0 Å². The van der Waals surface area contributed by atoms with Crippen molar-refractivity contribution in [2.75, 3.05) is 5.88 Å². The van der Waals surface area contributed by atoms with Crippen LogP contribution in [0.3, 0.4) is 0 Å². The molecule has 100 valence electrons. The summed E-state index contributed by atoms with van der Waals surface area (Å²) >= 11 is 5.75. The molecule has 0 heterocycles. The Kier molecular flexibility index (Phi) is 6.94. The molecule has 0 aromatic heterocycles. The average Bonchev–Trinajstić information content (AvgIpc) is 2.78. The van der Waals surface area contributed by atoms with Gasteiger partial charge in [-0.15, -0.1) is 11.6 Å². The SMILES string of the molecule is CC(C)C(CCCl)NC(=O)CCC1CCCC1. The van der Waals surface area contributed by atoms with E-state index in [1.54, 1.807) is 0 Å². The molecule has 1 aliphatic rings. The second-order valence-electron chi connectivity index (χ2n) is 5.58. The lowest BCUT2D eigenvalue weighted by molar-refractivity contribution is -0.122. The van der Waals surface area contributed by atoms with Crippen molar-refractivity contribution in [1.82, 2.24) is 5.32 Å². The summed E-state index contributed by atoms with van der Waals surface area (Å²) in [6, 6.07) is 0.239. The van der Waals surface area contributed by atoms with Gasteiger partial charge in [0, 0.05) is 18.3 Å². The Morgan fingerprint density at radius 2 is 2.00 bits per heavy atom. The summed E-state index contributed by atoms with van der Waals surface area (Å²) in [4.78, 5) is 11.8. The molecule has 0 spiro atoms. The lowest BCUT2D eigenvalue weighted by atomic mass is 9.99. The highest BCUT2D eigenvalue weighted by Crippen LogP contribution is 2.28. The highest BCUT2D eigenvalue weighted by Gasteiger charge is 2.18. The van der Waals surface area contributed by atoms with E-state index in [0.717, 1.165) is 18.8 Å². The topological polar surface area (TPSA) is 29.1 Å². The fourth-order valence-electron chi connectivity index (χ4n) is 2.60. The maximum Gasteiger partial charge on any atom is 0.220 e. The number of alkyl halides is 1. The van der Waals surface area contributed by atoms with Gasteiger partial charge >= 0.3 is 0 Å². The Morgan fingerprint density at radius 1 is 1.35 bits per heavy atom. The first-order valence-electron chi connectivity index (χ1n) is 6.98. The minimum Gasteiger partial charge on any atom is -0.353 e. The van der Waals surface area contributed by atoms with Crippen LogP contribution in [-0.4, -0.2) is 17.8 Å². The molecule has 0 saturated heterocycles. The van der Waals surface area contributed by atoms with Crippen molar-refractivity contribution in [1.29, 1.82) is 0 Å². The third-order valence-corrected chi connectivity index (χ3v) is 4.04. The Labute approximate surface area is 110 Å². The number of hydrogen-bond donors (Lipinski definition) is 1. The Hall–Kier alpha value is -0.240. The van der Waals surface area contributed by atoms with E-state index in [1.807, 2.05) is 0 Å². The van der Waals surface area contributed by atoms with E-state index in [4.69, 9.17) is 11.6 Å². The minimum atomic E-state index is 0.209. The van der Waals surface area contributed by atoms with Crippen LogP contribution in [0.15, 0.2) is 0 Å². The first-order valence-corrected chi connectivity index (χ1v) is 7.52. The third-order valence-electron chi connectivity index (χ3n) is 3.83. The first kappa shape index (κ1) is 14.8. The summed E-state index contributed by atoms with van der Waals surface area (Å²) in [5.74, 6) is 2.09. The first-order chi connectivity index (χ1) is 8.13. The predicted octanol–water partition coefficient (Wildman–Crippen LogP) is 3.73. The van der Waals surface area contributed by atoms with Gasteiger partial charge in [0.2, 0.25) is 5.91 Å². The molecule has 0 bridgehead atoms. The van der Waals surface area contributed by atoms with Crippen molar-refractivity contribution >= 4 is 17.5 Å². The van der Waals surface area contributed by atoms with Gasteiger partial charge in [0.05, 0.1) is 0 Å². The number of rotatable bonds is 7. The number of carbonyl (C=O) groups excluding carboxylic acids is 1. The van der Waals surface area contributed by atoms with Crippen molar-refractivity contribution in [3.05, 3.63) is 0 Å². The van der Waals surface area contributed by atoms with E-state index in [0.29, 0.717) is 18.2 Å². The van der Waals surface area contributed by atoms with Crippen molar-refractivity contribution in [2.45, 2.75) is 64.8 Å². The molecular formula is C14H26ClNO. The van der Waals surface area contributed by atoms with E-state index in [9.17, 15) is 4.79 Å². The molecular weight excluding hydrogens is 234 g/mol. The fourth-order valence-corrected chi connectivity index (χ4v) is 2.84. The molecule has 0 aliphatic heterocycles. The largest absolute Gasteiger partial charge is 0.353 e. The zero-order valence-corrected chi connectivity index (χ0v) is 11.9. The van der Waals surface area contributed by atoms with Crippen LogP contribution in [0.1, 0.15) is 58.8 Å². The van der Waals surface area contributed by atoms with E-state index in [2.05, 4.69) is 19.2 Å². The molecule has 1 N–H and O–H groups in total. The van der Waals surface area contributed by atoms with Gasteiger partial charge < -0.3 is 5.32 Å². The number of hydrogen-bond acceptors (Lipinski definition) is 1. The lowest BCUT2D eigenvalue weighted by Gasteiger charge is -2.21. The summed E-state index contributed by atoms with van der Waals surface area (Å²) in [6.45, 7) is 4.27. The van der Waals surface area contributed by atoms with Gasteiger partial charge in [-0.05, 0) is 24.7 Å². The minimum absolute atomic E-state index is 0.209. The van der Waals surface area contributed by atoms with Crippen LogP contribution in [-0.2, 0) is 4.79 Å². The molecule has 1 amide bonds. The van der Waals surface area contributed by atoms with E-state index < -0.39 is 0 Å². The quantitative estimate of drug-likeness (QED) is 0.694. The zero-order chi connectivity index (χ0) is 12.7. The summed E-state index contributed by atoms with van der Waals surface area (Å²) < 4.78 is 0. The highest BCUT2D eigenvalue weighted by atomic mass is 35.5. The summed E-state index contributed by atoms with van der Waals surface area (Å²) in [7, 11) is 0. The predicted molar refractivity (Wildman–Crippen MR) is 73.3 cm³/mol. The second kappa shape index (κ2) is 7.97. The van der Waals surface area contributed by atoms with Gasteiger partial charge in [-0.1, -0.05) is 39.5 Å². The molecule has 1 fully saturated rings. The normalized spacial score (nSPS) is 18.6. The van der Waals surface area contributed by atoms with Gasteiger partial charge in [0.15, 0.2) is 0 Å². The molecule has 1 unspecified atom stereocenters. The molecule has 1 saturated carbocycles. The van der Waals surface area contributed by atoms with Gasteiger partial charge in [0.1, 0.15) is 0 Å². The van der Waals surface area contributed by atoms with E-state index in [1.165, 1.54) is 25.7 Å². The number of nitrogens with one attached hydrogen (secondary N) is 1.